The lowest BCUT2D eigenvalue weighted by molar-refractivity contribution is 0.0933. The van der Waals surface area contributed by atoms with Crippen LogP contribution >= 0.6 is 23.7 Å². The van der Waals surface area contributed by atoms with Crippen molar-refractivity contribution in [1.82, 2.24) is 19.1 Å². The lowest BCUT2D eigenvalue weighted by atomic mass is 10.2. The van der Waals surface area contributed by atoms with E-state index in [0.717, 1.165) is 10.3 Å². The Bertz CT molecular complexity index is 1470. The predicted molar refractivity (Wildman–Crippen MR) is 162 cm³/mol. The standard InChI is InChI=1S/C27H35N5O6S2.ClH/c1-6-38-27(34)30-14-16-31(17-15-30)40(35,36)21-10-8-20(9-11-21)25(33)32(18-13-29(3)4)26-28-23-22(37-5)12-7-19(2)24(23)39-26;/h7-12H,6,13-18H2,1-5H3;1H. The van der Waals surface area contributed by atoms with Crippen LogP contribution in [0.15, 0.2) is 41.3 Å². The van der Waals surface area contributed by atoms with E-state index in [1.54, 1.807) is 18.9 Å². The summed E-state index contributed by atoms with van der Waals surface area (Å²) in [4.78, 5) is 35.6. The number of halogens is 1. The van der Waals surface area contributed by atoms with E-state index in [1.165, 1.54) is 44.8 Å². The number of carbonyl (C=O) groups is 2. The fourth-order valence-corrected chi connectivity index (χ4v) is 6.86. The highest BCUT2D eigenvalue weighted by molar-refractivity contribution is 7.89. The normalized spacial score (nSPS) is 14.1. The summed E-state index contributed by atoms with van der Waals surface area (Å²) < 4.78 is 39.3. The van der Waals surface area contributed by atoms with E-state index in [-0.39, 0.29) is 56.0 Å². The maximum Gasteiger partial charge on any atom is 0.409 e. The Morgan fingerprint density at radius 3 is 2.27 bits per heavy atom. The molecule has 0 unspecified atom stereocenters. The summed E-state index contributed by atoms with van der Waals surface area (Å²) in [6.45, 7) is 5.84. The average Bonchev–Trinajstić information content (AvgIpc) is 3.39. The van der Waals surface area contributed by atoms with Crippen LogP contribution in [-0.4, -0.2) is 107 Å². The van der Waals surface area contributed by atoms with Gasteiger partial charge in [0.15, 0.2) is 5.13 Å². The molecule has 41 heavy (non-hydrogen) atoms. The second-order valence-electron chi connectivity index (χ2n) is 9.63. The molecule has 4 rings (SSSR count). The number of carbonyl (C=O) groups excluding carboxylic acids is 2. The van der Waals surface area contributed by atoms with Crippen molar-refractivity contribution in [3.8, 4) is 5.75 Å². The van der Waals surface area contributed by atoms with E-state index in [9.17, 15) is 18.0 Å². The molecule has 11 nitrogen and oxygen atoms in total. The van der Waals surface area contributed by atoms with Crippen molar-refractivity contribution in [2.45, 2.75) is 18.7 Å². The number of aromatic nitrogens is 1. The molecule has 1 aliphatic heterocycles. The first kappa shape index (κ1) is 32.5. The number of rotatable bonds is 9. The van der Waals surface area contributed by atoms with E-state index >= 15 is 0 Å². The van der Waals surface area contributed by atoms with Gasteiger partial charge in [0, 0.05) is 44.8 Å². The maximum absolute atomic E-state index is 13.7. The Morgan fingerprint density at radius 1 is 1.02 bits per heavy atom. The van der Waals surface area contributed by atoms with Crippen LogP contribution in [0, 0.1) is 6.92 Å². The summed E-state index contributed by atoms with van der Waals surface area (Å²) >= 11 is 1.42. The number of thiazole rings is 1. The van der Waals surface area contributed by atoms with Crippen molar-refractivity contribution in [1.29, 1.82) is 0 Å². The van der Waals surface area contributed by atoms with Crippen LogP contribution in [0.4, 0.5) is 9.93 Å². The zero-order valence-corrected chi connectivity index (χ0v) is 26.3. The number of aryl methyl sites for hydroxylation is 1. The molecule has 224 valence electrons. The monoisotopic (exact) mass is 625 g/mol. The van der Waals surface area contributed by atoms with E-state index in [2.05, 4.69) is 0 Å². The molecular formula is C27H36ClN5O6S2. The Hall–Kier alpha value is -2.97. The molecule has 0 saturated carbocycles. The fraction of sp³-hybridized carbons (Fsp3) is 0.444. The van der Waals surface area contributed by atoms with Crippen LogP contribution in [0.25, 0.3) is 10.2 Å². The molecular weight excluding hydrogens is 590 g/mol. The largest absolute Gasteiger partial charge is 0.494 e. The van der Waals surface area contributed by atoms with Gasteiger partial charge in [-0.15, -0.1) is 12.4 Å². The summed E-state index contributed by atoms with van der Waals surface area (Å²) in [7, 11) is 1.66. The summed E-state index contributed by atoms with van der Waals surface area (Å²) in [5.41, 5.74) is 2.10. The Labute approximate surface area is 251 Å². The van der Waals surface area contributed by atoms with Gasteiger partial charge in [-0.3, -0.25) is 9.69 Å². The summed E-state index contributed by atoms with van der Waals surface area (Å²) in [6, 6.07) is 9.80. The third-order valence-electron chi connectivity index (χ3n) is 6.66. The second-order valence-corrected chi connectivity index (χ2v) is 12.5. The third kappa shape index (κ3) is 7.09. The van der Waals surface area contributed by atoms with Crippen LogP contribution in [-0.2, 0) is 14.8 Å². The summed E-state index contributed by atoms with van der Waals surface area (Å²) in [6.07, 6.45) is -0.442. The van der Waals surface area contributed by atoms with Crippen molar-refractivity contribution in [2.75, 3.05) is 72.0 Å². The van der Waals surface area contributed by atoms with E-state index < -0.39 is 16.1 Å². The molecule has 0 N–H and O–H groups in total. The number of anilines is 1. The zero-order chi connectivity index (χ0) is 29.0. The number of fused-ring (bicyclic) bond motifs is 1. The molecule has 0 aliphatic carbocycles. The van der Waals surface area contributed by atoms with Gasteiger partial charge in [0.25, 0.3) is 5.91 Å². The van der Waals surface area contributed by atoms with Gasteiger partial charge in [0.1, 0.15) is 11.3 Å². The van der Waals surface area contributed by atoms with Crippen LogP contribution in [0.1, 0.15) is 22.8 Å². The number of benzene rings is 2. The van der Waals surface area contributed by atoms with Gasteiger partial charge in [-0.2, -0.15) is 4.31 Å². The Kier molecular flexibility index (Phi) is 11.0. The van der Waals surface area contributed by atoms with Crippen molar-refractivity contribution in [3.63, 3.8) is 0 Å². The Balaban J connectivity index is 0.00000462. The highest BCUT2D eigenvalue weighted by Crippen LogP contribution is 2.37. The molecule has 1 aliphatic rings. The van der Waals surface area contributed by atoms with E-state index in [1.807, 2.05) is 38.1 Å². The number of hydrogen-bond acceptors (Lipinski definition) is 9. The fourth-order valence-electron chi connectivity index (χ4n) is 4.36. The minimum atomic E-state index is -3.79. The first-order chi connectivity index (χ1) is 19.1. The van der Waals surface area contributed by atoms with E-state index in [0.29, 0.717) is 35.1 Å². The molecule has 2 amide bonds. The third-order valence-corrected chi connectivity index (χ3v) is 9.79. The SMILES string of the molecule is CCOC(=O)N1CCN(S(=O)(=O)c2ccc(C(=O)N(CCN(C)C)c3nc4c(OC)ccc(C)c4s3)cc2)CC1.Cl. The molecule has 0 spiro atoms. The van der Waals surface area contributed by atoms with Crippen LogP contribution in [0.3, 0.4) is 0 Å². The zero-order valence-electron chi connectivity index (χ0n) is 23.8. The molecule has 0 atom stereocenters. The number of ether oxygens (including phenoxy) is 2. The number of amides is 2. The predicted octanol–water partition coefficient (Wildman–Crippen LogP) is 3.71. The van der Waals surface area contributed by atoms with Crippen LogP contribution in [0.2, 0.25) is 0 Å². The minimum Gasteiger partial charge on any atom is -0.494 e. The molecule has 2 aromatic carbocycles. The summed E-state index contributed by atoms with van der Waals surface area (Å²) in [5, 5.41) is 0.547. The summed E-state index contributed by atoms with van der Waals surface area (Å²) in [5.74, 6) is 0.366. The highest BCUT2D eigenvalue weighted by atomic mass is 35.5. The van der Waals surface area contributed by atoms with Gasteiger partial charge >= 0.3 is 6.09 Å². The number of methoxy groups -OCH3 is 1. The molecule has 1 aromatic heterocycles. The number of piperazine rings is 1. The first-order valence-corrected chi connectivity index (χ1v) is 15.2. The topological polar surface area (TPSA) is 113 Å². The van der Waals surface area contributed by atoms with Gasteiger partial charge in [-0.05, 0) is 63.8 Å². The molecule has 0 bridgehead atoms. The number of hydrogen-bond donors (Lipinski definition) is 0. The first-order valence-electron chi connectivity index (χ1n) is 13.0. The maximum atomic E-state index is 13.7. The highest BCUT2D eigenvalue weighted by Gasteiger charge is 2.31. The smallest absolute Gasteiger partial charge is 0.409 e. The molecule has 2 heterocycles. The van der Waals surface area contributed by atoms with Crippen LogP contribution in [0.5, 0.6) is 5.75 Å². The molecule has 3 aromatic rings. The lowest BCUT2D eigenvalue weighted by Crippen LogP contribution is -2.50. The average molecular weight is 626 g/mol. The molecule has 14 heteroatoms. The Morgan fingerprint density at radius 2 is 1.68 bits per heavy atom. The van der Waals surface area contributed by atoms with Gasteiger partial charge in [0.2, 0.25) is 10.0 Å². The minimum absolute atomic E-state index is 0. The number of nitrogens with zero attached hydrogens (tertiary/aromatic N) is 5. The van der Waals surface area contributed by atoms with Gasteiger partial charge in [0.05, 0.1) is 23.3 Å². The van der Waals surface area contributed by atoms with Crippen molar-refractivity contribution in [2.24, 2.45) is 0 Å². The number of likely N-dealkylation sites (N-methyl/N-ethyl adjacent to an activating group) is 1. The van der Waals surface area contributed by atoms with Gasteiger partial charge < -0.3 is 19.3 Å². The molecule has 1 fully saturated rings. The number of sulfonamides is 1. The van der Waals surface area contributed by atoms with Gasteiger partial charge in [-0.1, -0.05) is 17.4 Å². The van der Waals surface area contributed by atoms with Crippen molar-refractivity contribution in [3.05, 3.63) is 47.5 Å². The quantitative estimate of drug-likeness (QED) is 0.354. The van der Waals surface area contributed by atoms with Crippen molar-refractivity contribution >= 4 is 61.1 Å². The lowest BCUT2D eigenvalue weighted by Gasteiger charge is -2.33. The molecule has 0 radical (unpaired) electrons. The van der Waals surface area contributed by atoms with Crippen molar-refractivity contribution < 1.29 is 27.5 Å². The second kappa shape index (κ2) is 13.8. The van der Waals surface area contributed by atoms with Gasteiger partial charge in [-0.25, -0.2) is 18.2 Å². The van der Waals surface area contributed by atoms with Crippen LogP contribution < -0.4 is 9.64 Å². The molecule has 1 saturated heterocycles. The van der Waals surface area contributed by atoms with E-state index in [4.69, 9.17) is 14.5 Å².